The summed E-state index contributed by atoms with van der Waals surface area (Å²) < 4.78 is 4.90. The van der Waals surface area contributed by atoms with Crippen LogP contribution in [0.2, 0.25) is 0 Å². The van der Waals surface area contributed by atoms with Crippen LogP contribution in [0.5, 0.6) is 0 Å². The van der Waals surface area contributed by atoms with Gasteiger partial charge in [-0.25, -0.2) is 0 Å². The molecule has 0 saturated carbocycles. The maximum atomic E-state index is 9.99. The molecule has 1 atom stereocenters. The fourth-order valence-electron chi connectivity index (χ4n) is 0.724. The molecule has 0 bridgehead atoms. The van der Waals surface area contributed by atoms with Crippen LogP contribution in [0, 0.1) is 0 Å². The lowest BCUT2D eigenvalue weighted by Gasteiger charge is -2.05. The van der Waals surface area contributed by atoms with Gasteiger partial charge >= 0.3 is 0 Å². The average molecular weight is 128 g/mol. The zero-order valence-electron chi connectivity index (χ0n) is 4.91. The van der Waals surface area contributed by atoms with Crippen molar-refractivity contribution in [2.75, 3.05) is 6.61 Å². The average Bonchev–Trinajstić information content (AvgIpc) is 2.34. The number of aldehydes is 1. The first kappa shape index (κ1) is 6.29. The molecule has 0 spiro atoms. The third kappa shape index (κ3) is 1.29. The molecule has 0 saturated heterocycles. The quantitative estimate of drug-likeness (QED) is 0.526. The normalized spacial score (nSPS) is 25.0. The number of aliphatic hydroxyl groups excluding tert-OH is 1. The number of rotatable bonds is 2. The molecule has 3 nitrogen and oxygen atoms in total. The van der Waals surface area contributed by atoms with Crippen LogP contribution in [-0.4, -0.2) is 24.1 Å². The summed E-state index contributed by atoms with van der Waals surface area (Å²) in [4.78, 5) is 9.99. The van der Waals surface area contributed by atoms with Gasteiger partial charge < -0.3 is 9.84 Å². The molecule has 50 valence electrons. The van der Waals surface area contributed by atoms with Gasteiger partial charge in [0, 0.05) is 6.42 Å². The molecule has 1 rings (SSSR count). The minimum absolute atomic E-state index is 0.0200. The summed E-state index contributed by atoms with van der Waals surface area (Å²) in [6.45, 7) is -0.0200. The first-order valence-electron chi connectivity index (χ1n) is 2.79. The van der Waals surface area contributed by atoms with Crippen LogP contribution in [0.15, 0.2) is 11.8 Å². The molecule has 0 aromatic rings. The lowest BCUT2D eigenvalue weighted by Crippen LogP contribution is -2.11. The van der Waals surface area contributed by atoms with E-state index in [9.17, 15) is 4.79 Å². The molecule has 0 aromatic heterocycles. The highest BCUT2D eigenvalue weighted by Crippen LogP contribution is 2.13. The van der Waals surface area contributed by atoms with Crippen LogP contribution >= 0.6 is 0 Å². The number of hydrogen-bond donors (Lipinski definition) is 1. The summed E-state index contributed by atoms with van der Waals surface area (Å²) in [6.07, 6.45) is 2.78. The summed E-state index contributed by atoms with van der Waals surface area (Å²) in [6, 6.07) is 0. The Hall–Kier alpha value is -0.830. The smallest absolute Gasteiger partial charge is 0.184 e. The Labute approximate surface area is 52.9 Å². The van der Waals surface area contributed by atoms with Crippen molar-refractivity contribution >= 4 is 6.29 Å². The van der Waals surface area contributed by atoms with Crippen molar-refractivity contribution in [1.29, 1.82) is 0 Å². The highest BCUT2D eigenvalue weighted by atomic mass is 16.5. The molecule has 1 N–H and O–H groups in total. The molecule has 1 aliphatic rings. The number of carbonyl (C=O) groups is 1. The molecule has 0 radical (unpaired) electrons. The van der Waals surface area contributed by atoms with E-state index in [0.717, 1.165) is 0 Å². The fraction of sp³-hybridized carbons (Fsp3) is 0.500. The molecular weight excluding hydrogens is 120 g/mol. The van der Waals surface area contributed by atoms with E-state index in [-0.39, 0.29) is 12.7 Å². The minimum atomic E-state index is -0.190. The Balaban J connectivity index is 2.39. The SMILES string of the molecule is O=CC1=CC[C@@H](CO)O1. The molecule has 1 heterocycles. The third-order valence-corrected chi connectivity index (χ3v) is 1.20. The first-order chi connectivity index (χ1) is 4.36. The van der Waals surface area contributed by atoms with Gasteiger partial charge in [-0.15, -0.1) is 0 Å². The van der Waals surface area contributed by atoms with Gasteiger partial charge in [-0.2, -0.15) is 0 Å². The standard InChI is InChI=1S/C6H8O3/c7-3-5-1-2-6(4-8)9-5/h1,3,6,8H,2,4H2/t6-/m0/s1. The number of hydrogen-bond acceptors (Lipinski definition) is 3. The van der Waals surface area contributed by atoms with Gasteiger partial charge in [-0.05, 0) is 6.08 Å². The maximum Gasteiger partial charge on any atom is 0.184 e. The van der Waals surface area contributed by atoms with Crippen molar-refractivity contribution in [3.05, 3.63) is 11.8 Å². The molecule has 0 fully saturated rings. The van der Waals surface area contributed by atoms with Gasteiger partial charge in [0.15, 0.2) is 12.0 Å². The molecule has 0 aromatic carbocycles. The highest BCUT2D eigenvalue weighted by Gasteiger charge is 2.15. The molecule has 3 heteroatoms. The van der Waals surface area contributed by atoms with Crippen LogP contribution in [0.1, 0.15) is 6.42 Å². The van der Waals surface area contributed by atoms with Crippen molar-refractivity contribution < 1.29 is 14.6 Å². The van der Waals surface area contributed by atoms with Crippen molar-refractivity contribution in [2.24, 2.45) is 0 Å². The lowest BCUT2D eigenvalue weighted by molar-refractivity contribution is -0.108. The van der Waals surface area contributed by atoms with E-state index in [1.807, 2.05) is 0 Å². The summed E-state index contributed by atoms with van der Waals surface area (Å²) in [7, 11) is 0. The van der Waals surface area contributed by atoms with Crippen molar-refractivity contribution in [1.82, 2.24) is 0 Å². The second kappa shape index (κ2) is 2.64. The van der Waals surface area contributed by atoms with E-state index < -0.39 is 0 Å². The van der Waals surface area contributed by atoms with E-state index in [2.05, 4.69) is 0 Å². The second-order valence-corrected chi connectivity index (χ2v) is 1.88. The predicted molar refractivity (Wildman–Crippen MR) is 30.7 cm³/mol. The van der Waals surface area contributed by atoms with Crippen molar-refractivity contribution in [3.63, 3.8) is 0 Å². The molecule has 0 unspecified atom stereocenters. The largest absolute Gasteiger partial charge is 0.485 e. The van der Waals surface area contributed by atoms with Crippen molar-refractivity contribution in [3.8, 4) is 0 Å². The van der Waals surface area contributed by atoms with Crippen molar-refractivity contribution in [2.45, 2.75) is 12.5 Å². The van der Waals surface area contributed by atoms with Gasteiger partial charge in [0.25, 0.3) is 0 Å². The van der Waals surface area contributed by atoms with Crippen LogP contribution in [0.3, 0.4) is 0 Å². The van der Waals surface area contributed by atoms with Crippen LogP contribution in [0.25, 0.3) is 0 Å². The second-order valence-electron chi connectivity index (χ2n) is 1.88. The zero-order chi connectivity index (χ0) is 6.69. The van der Waals surface area contributed by atoms with Crippen LogP contribution in [0.4, 0.5) is 0 Å². The van der Waals surface area contributed by atoms with E-state index in [0.29, 0.717) is 18.5 Å². The third-order valence-electron chi connectivity index (χ3n) is 1.20. The fourth-order valence-corrected chi connectivity index (χ4v) is 0.724. The summed E-state index contributed by atoms with van der Waals surface area (Å²) >= 11 is 0. The summed E-state index contributed by atoms with van der Waals surface area (Å²) in [5.74, 6) is 0.342. The van der Waals surface area contributed by atoms with Gasteiger partial charge in [-0.1, -0.05) is 0 Å². The zero-order valence-corrected chi connectivity index (χ0v) is 4.91. The minimum Gasteiger partial charge on any atom is -0.485 e. The van der Waals surface area contributed by atoms with Crippen LogP contribution < -0.4 is 0 Å². The Morgan fingerprint density at radius 1 is 2.00 bits per heavy atom. The Morgan fingerprint density at radius 2 is 2.78 bits per heavy atom. The van der Waals surface area contributed by atoms with E-state index in [1.165, 1.54) is 0 Å². The van der Waals surface area contributed by atoms with E-state index in [1.54, 1.807) is 6.08 Å². The lowest BCUT2D eigenvalue weighted by atomic mass is 10.3. The number of allylic oxidation sites excluding steroid dienone is 1. The summed E-state index contributed by atoms with van der Waals surface area (Å²) in [5.41, 5.74) is 0. The topological polar surface area (TPSA) is 46.5 Å². The Bertz CT molecular complexity index is 139. The Morgan fingerprint density at radius 3 is 3.11 bits per heavy atom. The maximum absolute atomic E-state index is 9.99. The summed E-state index contributed by atoms with van der Waals surface area (Å²) in [5, 5.41) is 8.51. The predicted octanol–water partition coefficient (Wildman–Crippen LogP) is -0.150. The van der Waals surface area contributed by atoms with Crippen LogP contribution in [-0.2, 0) is 9.53 Å². The monoisotopic (exact) mass is 128 g/mol. The Kier molecular flexibility index (Phi) is 1.85. The van der Waals surface area contributed by atoms with Gasteiger partial charge in [0.2, 0.25) is 0 Å². The van der Waals surface area contributed by atoms with E-state index >= 15 is 0 Å². The molecule has 1 aliphatic heterocycles. The van der Waals surface area contributed by atoms with Gasteiger partial charge in [0.05, 0.1) is 6.61 Å². The molecule has 0 amide bonds. The molecular formula is C6H8O3. The molecule has 0 aliphatic carbocycles. The highest BCUT2D eigenvalue weighted by molar-refractivity contribution is 5.70. The number of carbonyl (C=O) groups excluding carboxylic acids is 1. The van der Waals surface area contributed by atoms with Gasteiger partial charge in [0.1, 0.15) is 6.10 Å². The molecule has 9 heavy (non-hydrogen) atoms. The van der Waals surface area contributed by atoms with Gasteiger partial charge in [-0.3, -0.25) is 4.79 Å². The number of ether oxygens (including phenoxy) is 1. The first-order valence-corrected chi connectivity index (χ1v) is 2.79. The van der Waals surface area contributed by atoms with E-state index in [4.69, 9.17) is 9.84 Å². The number of aliphatic hydroxyl groups is 1.